The number of alkyl halides is 3. The van der Waals surface area contributed by atoms with Crippen LogP contribution in [-0.2, 0) is 32.3 Å². The number of pyridine rings is 1. The van der Waals surface area contributed by atoms with Gasteiger partial charge in [-0.25, -0.2) is 9.78 Å². The van der Waals surface area contributed by atoms with E-state index in [2.05, 4.69) is 9.71 Å². The lowest BCUT2D eigenvalue weighted by Gasteiger charge is -2.20. The first-order chi connectivity index (χ1) is 18.7. The van der Waals surface area contributed by atoms with E-state index >= 15 is 0 Å². The molecule has 0 radical (unpaired) electrons. The number of hydrogen-bond donors (Lipinski definition) is 2. The van der Waals surface area contributed by atoms with Gasteiger partial charge < -0.3 is 24.1 Å². The number of nitrogens with zero attached hydrogens (tertiary/aromatic N) is 2. The zero-order valence-electron chi connectivity index (χ0n) is 22.0. The molecule has 1 aromatic carbocycles. The number of benzene rings is 1. The highest BCUT2D eigenvalue weighted by Gasteiger charge is 2.32. The number of amides is 1. The molecule has 16 heteroatoms. The van der Waals surface area contributed by atoms with Gasteiger partial charge >= 0.3 is 22.5 Å². The maximum atomic E-state index is 13.0. The van der Waals surface area contributed by atoms with E-state index in [0.717, 1.165) is 0 Å². The van der Waals surface area contributed by atoms with Crippen LogP contribution in [-0.4, -0.2) is 75.0 Å². The predicted molar refractivity (Wildman–Crippen MR) is 139 cm³/mol. The van der Waals surface area contributed by atoms with Crippen LogP contribution in [0.25, 0.3) is 0 Å². The molecule has 0 saturated heterocycles. The Bertz CT molecular complexity index is 1230. The summed E-state index contributed by atoms with van der Waals surface area (Å²) in [5, 5.41) is 9.08. The summed E-state index contributed by atoms with van der Waals surface area (Å²) >= 11 is 5.99. The number of nitrogens with one attached hydrogen (secondary N) is 1. The number of ether oxygens (including phenoxy) is 4. The Morgan fingerprint density at radius 2 is 1.93 bits per heavy atom. The maximum Gasteiger partial charge on any atom is 0.422 e. The zero-order chi connectivity index (χ0) is 29.9. The number of halogens is 4. The molecule has 0 fully saturated rings. The summed E-state index contributed by atoms with van der Waals surface area (Å²) in [6, 6.07) is 5.33. The molecule has 2 rings (SSSR count). The molecule has 1 heterocycles. The summed E-state index contributed by atoms with van der Waals surface area (Å²) < 4.78 is 87.9. The number of rotatable bonds is 16. The van der Waals surface area contributed by atoms with Crippen molar-refractivity contribution in [2.75, 3.05) is 40.0 Å². The van der Waals surface area contributed by atoms with E-state index in [0.29, 0.717) is 30.2 Å². The molecule has 2 aromatic rings. The molecular weight excluding hydrogens is 583 g/mol. The molecular formula is C24H31ClF3N3O8S. The van der Waals surface area contributed by atoms with E-state index < -0.39 is 28.0 Å². The Hall–Kier alpha value is -2.85. The fourth-order valence-corrected chi connectivity index (χ4v) is 4.48. The van der Waals surface area contributed by atoms with E-state index in [9.17, 15) is 31.5 Å². The molecule has 11 nitrogen and oxygen atoms in total. The number of hydrogen-bond acceptors (Lipinski definition) is 8. The zero-order valence-corrected chi connectivity index (χ0v) is 23.6. The van der Waals surface area contributed by atoms with Crippen LogP contribution >= 0.6 is 11.6 Å². The smallest absolute Gasteiger partial charge is 0.422 e. The van der Waals surface area contributed by atoms with Gasteiger partial charge in [-0.1, -0.05) is 17.7 Å². The summed E-state index contributed by atoms with van der Waals surface area (Å²) in [7, 11) is -2.86. The van der Waals surface area contributed by atoms with Crippen molar-refractivity contribution in [1.29, 1.82) is 0 Å². The third kappa shape index (κ3) is 10.6. The molecule has 0 saturated carbocycles. The van der Waals surface area contributed by atoms with Gasteiger partial charge in [0, 0.05) is 32.5 Å². The van der Waals surface area contributed by atoms with E-state index in [4.69, 9.17) is 30.5 Å². The Labute approximate surface area is 235 Å². The third-order valence-corrected chi connectivity index (χ3v) is 6.84. The topological polar surface area (TPSA) is 137 Å². The van der Waals surface area contributed by atoms with Crippen LogP contribution in [0.4, 0.5) is 18.0 Å². The molecule has 224 valence electrons. The van der Waals surface area contributed by atoms with Crippen molar-refractivity contribution in [3.8, 4) is 17.4 Å². The Morgan fingerprint density at radius 1 is 1.20 bits per heavy atom. The third-order valence-electron chi connectivity index (χ3n) is 5.08. The molecule has 1 amide bonds. The van der Waals surface area contributed by atoms with Gasteiger partial charge in [0.15, 0.2) is 0 Å². The Balaban J connectivity index is 2.20. The number of carboxylic acid groups (broad SMARTS) is 1. The molecule has 0 unspecified atom stereocenters. The average molecular weight is 614 g/mol. The largest absolute Gasteiger partial charge is 0.491 e. The number of methoxy groups -OCH3 is 1. The highest BCUT2D eigenvalue weighted by molar-refractivity contribution is 7.87. The van der Waals surface area contributed by atoms with Gasteiger partial charge in [0.2, 0.25) is 5.88 Å². The first-order valence-corrected chi connectivity index (χ1v) is 13.8. The van der Waals surface area contributed by atoms with Crippen LogP contribution in [0.2, 0.25) is 5.02 Å². The van der Waals surface area contributed by atoms with Crippen LogP contribution in [0.1, 0.15) is 31.4 Å². The minimum absolute atomic E-state index is 0.0457. The quantitative estimate of drug-likeness (QED) is 0.257. The minimum Gasteiger partial charge on any atom is -0.491 e. The molecule has 0 atom stereocenters. The van der Waals surface area contributed by atoms with Crippen molar-refractivity contribution in [3.63, 3.8) is 0 Å². The maximum absolute atomic E-state index is 13.0. The van der Waals surface area contributed by atoms with Crippen molar-refractivity contribution >= 4 is 27.9 Å². The summed E-state index contributed by atoms with van der Waals surface area (Å²) in [4.78, 5) is 15.3. The summed E-state index contributed by atoms with van der Waals surface area (Å²) in [5.74, 6) is 0.173. The molecule has 0 bridgehead atoms. The SMILES string of the molecule is COCCOc1ccc(CCCN(C(=O)O)S(=O)(=O)NCCOC(C)C)c(Oc2ncc(C(F)(F)F)cc2Cl)c1. The van der Waals surface area contributed by atoms with E-state index in [-0.39, 0.29) is 66.2 Å². The van der Waals surface area contributed by atoms with Crippen molar-refractivity contribution in [3.05, 3.63) is 46.6 Å². The molecule has 0 spiro atoms. The minimum atomic E-state index is -4.65. The van der Waals surface area contributed by atoms with Gasteiger partial charge in [0.25, 0.3) is 0 Å². The van der Waals surface area contributed by atoms with Gasteiger partial charge in [-0.05, 0) is 44.4 Å². The number of aromatic nitrogens is 1. The second kappa shape index (κ2) is 15.2. The van der Waals surface area contributed by atoms with Crippen LogP contribution in [0, 0.1) is 0 Å². The summed E-state index contributed by atoms with van der Waals surface area (Å²) in [5.41, 5.74) is -0.584. The first kappa shape index (κ1) is 33.4. The normalized spacial score (nSPS) is 12.0. The molecule has 2 N–H and O–H groups in total. The molecule has 40 heavy (non-hydrogen) atoms. The van der Waals surface area contributed by atoms with Crippen LogP contribution < -0.4 is 14.2 Å². The van der Waals surface area contributed by atoms with Crippen molar-refractivity contribution in [1.82, 2.24) is 14.0 Å². The number of carbonyl (C=O) groups is 1. The standard InChI is InChI=1S/C24H31ClF3N3O8S/c1-16(2)37-10-8-30-40(34,35)31(23(32)33)9-4-5-17-6-7-19(38-12-11-36-3)14-21(17)39-22-20(25)13-18(15-29-22)24(26,27)28/h6-7,13-16,30H,4-5,8-12H2,1-3H3,(H,32,33). The highest BCUT2D eigenvalue weighted by Crippen LogP contribution is 2.36. The predicted octanol–water partition coefficient (Wildman–Crippen LogP) is 4.74. The lowest BCUT2D eigenvalue weighted by atomic mass is 10.1. The summed E-state index contributed by atoms with van der Waals surface area (Å²) in [6.45, 7) is 3.60. The van der Waals surface area contributed by atoms with Gasteiger partial charge in [-0.15, -0.1) is 0 Å². The highest BCUT2D eigenvalue weighted by atomic mass is 35.5. The Morgan fingerprint density at radius 3 is 2.52 bits per heavy atom. The van der Waals surface area contributed by atoms with Crippen LogP contribution in [0.15, 0.2) is 30.5 Å². The first-order valence-electron chi connectivity index (χ1n) is 12.0. The molecule has 1 aromatic heterocycles. The second-order valence-electron chi connectivity index (χ2n) is 8.50. The van der Waals surface area contributed by atoms with Gasteiger partial charge in [-0.3, -0.25) is 0 Å². The molecule has 0 aliphatic carbocycles. The fraction of sp³-hybridized carbons (Fsp3) is 0.500. The summed E-state index contributed by atoms with van der Waals surface area (Å²) in [6.07, 6.45) is -5.69. The lowest BCUT2D eigenvalue weighted by molar-refractivity contribution is -0.137. The van der Waals surface area contributed by atoms with Crippen molar-refractivity contribution < 1.29 is 50.4 Å². The van der Waals surface area contributed by atoms with E-state index in [1.807, 2.05) is 0 Å². The van der Waals surface area contributed by atoms with Crippen molar-refractivity contribution in [2.45, 2.75) is 39.0 Å². The second-order valence-corrected chi connectivity index (χ2v) is 10.6. The molecule has 0 aliphatic rings. The van der Waals surface area contributed by atoms with Crippen LogP contribution in [0.3, 0.4) is 0 Å². The monoisotopic (exact) mass is 613 g/mol. The van der Waals surface area contributed by atoms with E-state index in [1.54, 1.807) is 26.0 Å². The van der Waals surface area contributed by atoms with Crippen LogP contribution in [0.5, 0.6) is 17.4 Å². The molecule has 0 aliphatic heterocycles. The average Bonchev–Trinajstić information content (AvgIpc) is 2.85. The fourth-order valence-electron chi connectivity index (χ4n) is 3.20. The van der Waals surface area contributed by atoms with Gasteiger partial charge in [-0.2, -0.15) is 30.6 Å². The van der Waals surface area contributed by atoms with Crippen molar-refractivity contribution in [2.24, 2.45) is 0 Å². The number of aryl methyl sites for hydroxylation is 1. The lowest BCUT2D eigenvalue weighted by Crippen LogP contribution is -2.45. The Kier molecular flexibility index (Phi) is 12.7. The van der Waals surface area contributed by atoms with Gasteiger partial charge in [0.05, 0.1) is 24.9 Å². The van der Waals surface area contributed by atoms with E-state index in [1.165, 1.54) is 13.2 Å². The van der Waals surface area contributed by atoms with Gasteiger partial charge in [0.1, 0.15) is 23.1 Å².